The average Bonchev–Trinajstić information content (AvgIpc) is 2.95. The Morgan fingerprint density at radius 1 is 1.14 bits per heavy atom. The Labute approximate surface area is 180 Å². The lowest BCUT2D eigenvalue weighted by atomic mass is 10.1. The van der Waals surface area contributed by atoms with E-state index >= 15 is 0 Å². The molecular formula is C21H27N3O3S2. The molecule has 1 aromatic heterocycles. The van der Waals surface area contributed by atoms with Crippen LogP contribution in [0.5, 0.6) is 5.75 Å². The minimum Gasteiger partial charge on any atom is -0.494 e. The first kappa shape index (κ1) is 22.8. The molecule has 0 saturated carbocycles. The van der Waals surface area contributed by atoms with Crippen LogP contribution in [0.3, 0.4) is 0 Å². The van der Waals surface area contributed by atoms with E-state index in [1.807, 2.05) is 13.8 Å². The van der Waals surface area contributed by atoms with Crippen LogP contribution in [0.4, 0.5) is 5.00 Å². The van der Waals surface area contributed by atoms with Crippen molar-refractivity contribution in [3.63, 3.8) is 0 Å². The van der Waals surface area contributed by atoms with Gasteiger partial charge in [-0.25, -0.2) is 0 Å². The first-order valence-electron chi connectivity index (χ1n) is 9.58. The normalized spacial score (nSPS) is 10.4. The van der Waals surface area contributed by atoms with E-state index in [4.69, 9.17) is 22.7 Å². The van der Waals surface area contributed by atoms with Gasteiger partial charge in [-0.1, -0.05) is 26.2 Å². The molecule has 2 aromatic rings. The van der Waals surface area contributed by atoms with Crippen molar-refractivity contribution in [2.24, 2.45) is 5.73 Å². The molecule has 0 unspecified atom stereocenters. The number of hydrogen-bond donors (Lipinski definition) is 3. The molecule has 0 aliphatic heterocycles. The van der Waals surface area contributed by atoms with E-state index in [-0.39, 0.29) is 11.0 Å². The lowest BCUT2D eigenvalue weighted by Gasteiger charge is -2.10. The molecule has 0 atom stereocenters. The molecule has 0 bridgehead atoms. The van der Waals surface area contributed by atoms with Crippen LogP contribution >= 0.6 is 23.6 Å². The van der Waals surface area contributed by atoms with Crippen LogP contribution < -0.4 is 21.1 Å². The molecule has 0 spiro atoms. The van der Waals surface area contributed by atoms with Gasteiger partial charge in [0.25, 0.3) is 11.8 Å². The lowest BCUT2D eigenvalue weighted by Crippen LogP contribution is -2.34. The maximum atomic E-state index is 12.4. The molecule has 1 aromatic carbocycles. The number of unbranched alkanes of at least 4 members (excludes halogenated alkanes) is 3. The molecule has 0 radical (unpaired) electrons. The fourth-order valence-electron chi connectivity index (χ4n) is 2.74. The standard InChI is InChI=1S/C21H27N3O3S2/c1-4-5-6-7-12-27-16-10-8-15(9-11-16)19(26)23-21(28)24-20-17(18(22)25)13(2)14(3)29-20/h8-11H,4-7,12H2,1-3H3,(H2,22,25)(H2,23,24,26,28). The van der Waals surface area contributed by atoms with Crippen LogP contribution in [0, 0.1) is 13.8 Å². The van der Waals surface area contributed by atoms with Crippen molar-refractivity contribution in [2.45, 2.75) is 46.5 Å². The fraction of sp³-hybridized carbons (Fsp3) is 0.381. The monoisotopic (exact) mass is 433 g/mol. The lowest BCUT2D eigenvalue weighted by molar-refractivity contribution is 0.0975. The second-order valence-corrected chi connectivity index (χ2v) is 8.33. The van der Waals surface area contributed by atoms with E-state index in [0.29, 0.717) is 22.7 Å². The number of primary amides is 1. The quantitative estimate of drug-likeness (QED) is 0.398. The van der Waals surface area contributed by atoms with E-state index in [1.54, 1.807) is 24.3 Å². The van der Waals surface area contributed by atoms with Crippen molar-refractivity contribution in [3.8, 4) is 5.75 Å². The Morgan fingerprint density at radius 3 is 2.45 bits per heavy atom. The van der Waals surface area contributed by atoms with Crippen molar-refractivity contribution in [3.05, 3.63) is 45.8 Å². The number of benzene rings is 1. The van der Waals surface area contributed by atoms with Gasteiger partial charge in [0.2, 0.25) is 0 Å². The summed E-state index contributed by atoms with van der Waals surface area (Å²) in [5, 5.41) is 6.16. The summed E-state index contributed by atoms with van der Waals surface area (Å²) >= 11 is 6.58. The highest BCUT2D eigenvalue weighted by Gasteiger charge is 2.18. The summed E-state index contributed by atoms with van der Waals surface area (Å²) in [4.78, 5) is 25.1. The third-order valence-corrected chi connectivity index (χ3v) is 5.80. The van der Waals surface area contributed by atoms with Crippen molar-refractivity contribution < 1.29 is 14.3 Å². The van der Waals surface area contributed by atoms with Crippen LogP contribution in [0.1, 0.15) is 63.8 Å². The zero-order chi connectivity index (χ0) is 21.4. The molecule has 1 heterocycles. The van der Waals surface area contributed by atoms with Gasteiger partial charge in [0.05, 0.1) is 12.2 Å². The number of hydrogen-bond acceptors (Lipinski definition) is 5. The van der Waals surface area contributed by atoms with Crippen LogP contribution in [-0.4, -0.2) is 23.5 Å². The van der Waals surface area contributed by atoms with Gasteiger partial charge in [-0.3, -0.25) is 14.9 Å². The second-order valence-electron chi connectivity index (χ2n) is 6.69. The smallest absolute Gasteiger partial charge is 0.257 e. The molecule has 156 valence electrons. The summed E-state index contributed by atoms with van der Waals surface area (Å²) in [6.07, 6.45) is 4.57. The molecule has 0 aliphatic carbocycles. The average molecular weight is 434 g/mol. The number of ether oxygens (including phenoxy) is 1. The molecular weight excluding hydrogens is 406 g/mol. The van der Waals surface area contributed by atoms with Crippen molar-refractivity contribution in [1.82, 2.24) is 5.32 Å². The van der Waals surface area contributed by atoms with Gasteiger partial charge in [-0.15, -0.1) is 11.3 Å². The number of nitrogens with two attached hydrogens (primary N) is 1. The van der Waals surface area contributed by atoms with Gasteiger partial charge in [0, 0.05) is 10.4 Å². The van der Waals surface area contributed by atoms with Crippen molar-refractivity contribution >= 4 is 45.5 Å². The van der Waals surface area contributed by atoms with Crippen LogP contribution in [0.25, 0.3) is 0 Å². The highest BCUT2D eigenvalue weighted by atomic mass is 32.1. The number of thiophene rings is 1. The SMILES string of the molecule is CCCCCCOc1ccc(C(=O)NC(=S)Nc2sc(C)c(C)c2C(N)=O)cc1. The van der Waals surface area contributed by atoms with Gasteiger partial charge >= 0.3 is 0 Å². The number of aryl methyl sites for hydroxylation is 1. The molecule has 6 nitrogen and oxygen atoms in total. The van der Waals surface area contributed by atoms with Gasteiger partial charge in [0.1, 0.15) is 10.8 Å². The van der Waals surface area contributed by atoms with Crippen LogP contribution in [0.15, 0.2) is 24.3 Å². The fourth-order valence-corrected chi connectivity index (χ4v) is 4.07. The maximum absolute atomic E-state index is 12.4. The molecule has 8 heteroatoms. The van der Waals surface area contributed by atoms with E-state index in [9.17, 15) is 9.59 Å². The molecule has 0 fully saturated rings. The number of amides is 2. The summed E-state index contributed by atoms with van der Waals surface area (Å²) in [6, 6.07) is 6.91. The minimum absolute atomic E-state index is 0.106. The zero-order valence-electron chi connectivity index (χ0n) is 17.0. The summed E-state index contributed by atoms with van der Waals surface area (Å²) < 4.78 is 5.68. The number of rotatable bonds is 9. The molecule has 2 rings (SSSR count). The molecule has 0 saturated heterocycles. The Hall–Kier alpha value is -2.45. The highest BCUT2D eigenvalue weighted by Crippen LogP contribution is 2.31. The van der Waals surface area contributed by atoms with Gasteiger partial charge < -0.3 is 15.8 Å². The predicted molar refractivity (Wildman–Crippen MR) is 122 cm³/mol. The van der Waals surface area contributed by atoms with Crippen LogP contribution in [0.2, 0.25) is 0 Å². The molecule has 4 N–H and O–H groups in total. The number of carbonyl (C=O) groups is 2. The minimum atomic E-state index is -0.534. The van der Waals surface area contributed by atoms with E-state index in [1.165, 1.54) is 24.2 Å². The topological polar surface area (TPSA) is 93.4 Å². The zero-order valence-corrected chi connectivity index (χ0v) is 18.6. The predicted octanol–water partition coefficient (Wildman–Crippen LogP) is 4.55. The van der Waals surface area contributed by atoms with Gasteiger partial charge in [-0.05, 0) is 62.3 Å². The number of anilines is 1. The van der Waals surface area contributed by atoms with Crippen molar-refractivity contribution in [1.29, 1.82) is 0 Å². The number of carbonyl (C=O) groups excluding carboxylic acids is 2. The summed E-state index contributed by atoms with van der Waals surface area (Å²) in [5.74, 6) is -0.147. The maximum Gasteiger partial charge on any atom is 0.257 e. The summed E-state index contributed by atoms with van der Waals surface area (Å²) in [7, 11) is 0. The van der Waals surface area contributed by atoms with E-state index in [0.717, 1.165) is 29.0 Å². The van der Waals surface area contributed by atoms with E-state index in [2.05, 4.69) is 17.6 Å². The van der Waals surface area contributed by atoms with E-state index < -0.39 is 5.91 Å². The third kappa shape index (κ3) is 6.54. The van der Waals surface area contributed by atoms with Crippen LogP contribution in [-0.2, 0) is 0 Å². The summed E-state index contributed by atoms with van der Waals surface area (Å²) in [6.45, 7) is 6.56. The Kier molecular flexibility index (Phi) is 8.60. The number of thiocarbonyl (C=S) groups is 1. The molecule has 2 amide bonds. The third-order valence-electron chi connectivity index (χ3n) is 4.47. The first-order valence-corrected chi connectivity index (χ1v) is 10.8. The first-order chi connectivity index (χ1) is 13.8. The molecule has 29 heavy (non-hydrogen) atoms. The molecule has 0 aliphatic rings. The Morgan fingerprint density at radius 2 is 1.83 bits per heavy atom. The summed E-state index contributed by atoms with van der Waals surface area (Å²) in [5.41, 5.74) is 7.12. The number of nitrogens with one attached hydrogen (secondary N) is 2. The highest BCUT2D eigenvalue weighted by molar-refractivity contribution is 7.80. The Bertz CT molecular complexity index is 876. The largest absolute Gasteiger partial charge is 0.494 e. The van der Waals surface area contributed by atoms with Gasteiger partial charge in [0.15, 0.2) is 5.11 Å². The Balaban J connectivity index is 1.91. The van der Waals surface area contributed by atoms with Crippen molar-refractivity contribution in [2.75, 3.05) is 11.9 Å². The second kappa shape index (κ2) is 10.9. The van der Waals surface area contributed by atoms with Gasteiger partial charge in [-0.2, -0.15) is 0 Å².